The summed E-state index contributed by atoms with van der Waals surface area (Å²) in [7, 11) is 0. The number of aromatic amines is 1. The molecular weight excluding hydrogens is 240 g/mol. The second kappa shape index (κ2) is 5.55. The van der Waals surface area contributed by atoms with Crippen molar-refractivity contribution in [2.24, 2.45) is 0 Å². The monoisotopic (exact) mass is 258 g/mol. The number of benzene rings is 1. The van der Waals surface area contributed by atoms with Gasteiger partial charge in [0, 0.05) is 43.3 Å². The number of aromatic nitrogens is 1. The molecule has 1 aliphatic rings. The molecule has 0 bridgehead atoms. The third-order valence-electron chi connectivity index (χ3n) is 3.64. The molecule has 0 aliphatic carbocycles. The van der Waals surface area contributed by atoms with Crippen LogP contribution in [0.1, 0.15) is 16.8 Å². The van der Waals surface area contributed by atoms with Crippen LogP contribution in [0.3, 0.4) is 0 Å². The van der Waals surface area contributed by atoms with Gasteiger partial charge in [-0.05, 0) is 17.5 Å². The molecule has 2 aromatic rings. The Morgan fingerprint density at radius 2 is 2.11 bits per heavy atom. The molecule has 19 heavy (non-hydrogen) atoms. The van der Waals surface area contributed by atoms with E-state index in [0.29, 0.717) is 6.42 Å². The Morgan fingerprint density at radius 1 is 1.26 bits per heavy atom. The number of nitrogens with one attached hydrogen (secondary N) is 1. The maximum Gasteiger partial charge on any atom is 0.164 e. The molecule has 1 aliphatic heterocycles. The van der Waals surface area contributed by atoms with E-state index in [9.17, 15) is 4.79 Å². The minimum atomic E-state index is 0.211. The van der Waals surface area contributed by atoms with Crippen LogP contribution in [-0.4, -0.2) is 48.5 Å². The number of carbonyl (C=O) groups is 1. The van der Waals surface area contributed by atoms with Gasteiger partial charge in [-0.15, -0.1) is 0 Å². The fourth-order valence-corrected chi connectivity index (χ4v) is 2.45. The summed E-state index contributed by atoms with van der Waals surface area (Å²) in [6.07, 6.45) is 2.47. The molecule has 100 valence electrons. The van der Waals surface area contributed by atoms with Crippen molar-refractivity contribution in [1.82, 2.24) is 9.88 Å². The molecule has 4 nitrogen and oxygen atoms in total. The van der Waals surface area contributed by atoms with Crippen molar-refractivity contribution in [2.45, 2.75) is 6.42 Å². The maximum atomic E-state index is 12.2. The third-order valence-corrected chi connectivity index (χ3v) is 3.64. The van der Waals surface area contributed by atoms with E-state index < -0.39 is 0 Å². The average molecular weight is 258 g/mol. The van der Waals surface area contributed by atoms with Gasteiger partial charge >= 0.3 is 0 Å². The van der Waals surface area contributed by atoms with Crippen LogP contribution in [0.15, 0.2) is 30.5 Å². The van der Waals surface area contributed by atoms with Gasteiger partial charge in [-0.3, -0.25) is 9.69 Å². The number of H-pyrrole nitrogens is 1. The van der Waals surface area contributed by atoms with E-state index in [1.807, 2.05) is 30.5 Å². The quantitative estimate of drug-likeness (QED) is 0.854. The topological polar surface area (TPSA) is 45.3 Å². The van der Waals surface area contributed by atoms with Crippen molar-refractivity contribution in [3.8, 4) is 0 Å². The first kappa shape index (κ1) is 12.4. The first-order valence-corrected chi connectivity index (χ1v) is 6.73. The number of hydrogen-bond donors (Lipinski definition) is 1. The number of Topliss-reactive ketones (excluding diaryl/α,β-unsaturated/α-hetero) is 1. The average Bonchev–Trinajstić information content (AvgIpc) is 2.93. The number of ketones is 1. The number of nitrogens with zero attached hydrogens (tertiary/aromatic N) is 1. The third kappa shape index (κ3) is 2.85. The first-order chi connectivity index (χ1) is 9.33. The van der Waals surface area contributed by atoms with Gasteiger partial charge in [-0.2, -0.15) is 0 Å². The predicted octanol–water partition coefficient (Wildman–Crippen LogP) is 2.07. The smallest absolute Gasteiger partial charge is 0.164 e. The Labute approximate surface area is 112 Å². The van der Waals surface area contributed by atoms with Crippen LogP contribution in [0.5, 0.6) is 0 Å². The van der Waals surface area contributed by atoms with Gasteiger partial charge in [0.1, 0.15) is 0 Å². The normalized spacial score (nSPS) is 16.8. The molecule has 0 unspecified atom stereocenters. The molecule has 0 saturated carbocycles. The Kier molecular flexibility index (Phi) is 3.62. The fraction of sp³-hybridized carbons (Fsp3) is 0.400. The second-order valence-corrected chi connectivity index (χ2v) is 4.91. The lowest BCUT2D eigenvalue weighted by atomic mass is 10.1. The highest BCUT2D eigenvalue weighted by molar-refractivity contribution is 5.99. The number of rotatable bonds is 4. The predicted molar refractivity (Wildman–Crippen MR) is 74.5 cm³/mol. The molecule has 1 saturated heterocycles. The lowest BCUT2D eigenvalue weighted by molar-refractivity contribution is 0.0370. The summed E-state index contributed by atoms with van der Waals surface area (Å²) in [5.74, 6) is 0.211. The highest BCUT2D eigenvalue weighted by Crippen LogP contribution is 2.15. The maximum absolute atomic E-state index is 12.2. The minimum Gasteiger partial charge on any atom is -0.379 e. The molecule has 4 heteroatoms. The zero-order chi connectivity index (χ0) is 13.1. The van der Waals surface area contributed by atoms with E-state index in [1.54, 1.807) is 0 Å². The molecule has 3 rings (SSSR count). The lowest BCUT2D eigenvalue weighted by Gasteiger charge is -2.26. The van der Waals surface area contributed by atoms with E-state index in [2.05, 4.69) is 9.88 Å². The van der Waals surface area contributed by atoms with Gasteiger partial charge in [0.05, 0.1) is 13.2 Å². The molecule has 0 radical (unpaired) electrons. The fourth-order valence-electron chi connectivity index (χ4n) is 2.45. The highest BCUT2D eigenvalue weighted by atomic mass is 16.5. The number of ether oxygens (including phenoxy) is 1. The van der Waals surface area contributed by atoms with Crippen LogP contribution >= 0.6 is 0 Å². The van der Waals surface area contributed by atoms with Gasteiger partial charge in [-0.25, -0.2) is 0 Å². The molecule has 2 heterocycles. The molecule has 0 atom stereocenters. The summed E-state index contributed by atoms with van der Waals surface area (Å²) >= 11 is 0. The first-order valence-electron chi connectivity index (χ1n) is 6.73. The largest absolute Gasteiger partial charge is 0.379 e. The molecule has 1 aromatic carbocycles. The molecule has 1 fully saturated rings. The zero-order valence-corrected chi connectivity index (χ0v) is 10.9. The molecule has 1 N–H and O–H groups in total. The molecule has 1 aromatic heterocycles. The summed E-state index contributed by atoms with van der Waals surface area (Å²) in [4.78, 5) is 17.6. The van der Waals surface area contributed by atoms with Crippen molar-refractivity contribution < 1.29 is 9.53 Å². The Hall–Kier alpha value is -1.65. The zero-order valence-electron chi connectivity index (χ0n) is 10.9. The van der Waals surface area contributed by atoms with E-state index in [0.717, 1.165) is 49.3 Å². The van der Waals surface area contributed by atoms with Gasteiger partial charge in [0.25, 0.3) is 0 Å². The van der Waals surface area contributed by atoms with Crippen molar-refractivity contribution >= 4 is 16.7 Å². The highest BCUT2D eigenvalue weighted by Gasteiger charge is 2.13. The van der Waals surface area contributed by atoms with Crippen molar-refractivity contribution in [2.75, 3.05) is 32.8 Å². The van der Waals surface area contributed by atoms with E-state index in [4.69, 9.17) is 4.74 Å². The van der Waals surface area contributed by atoms with Gasteiger partial charge < -0.3 is 9.72 Å². The summed E-state index contributed by atoms with van der Waals surface area (Å²) in [5.41, 5.74) is 1.82. The molecular formula is C15H18N2O2. The lowest BCUT2D eigenvalue weighted by Crippen LogP contribution is -2.37. The number of hydrogen-bond acceptors (Lipinski definition) is 3. The number of fused-ring (bicyclic) bond motifs is 1. The van der Waals surface area contributed by atoms with Gasteiger partial charge in [-0.1, -0.05) is 12.1 Å². The SMILES string of the molecule is O=C(CCN1CCOCC1)c1ccc2cc[nH]c2c1. The van der Waals surface area contributed by atoms with Crippen LogP contribution in [0.4, 0.5) is 0 Å². The van der Waals surface area contributed by atoms with Crippen LogP contribution in [0.25, 0.3) is 10.9 Å². The van der Waals surface area contributed by atoms with E-state index in [1.165, 1.54) is 0 Å². The van der Waals surface area contributed by atoms with Crippen LogP contribution in [-0.2, 0) is 4.74 Å². The van der Waals surface area contributed by atoms with Crippen molar-refractivity contribution in [1.29, 1.82) is 0 Å². The van der Waals surface area contributed by atoms with Crippen LogP contribution in [0, 0.1) is 0 Å². The summed E-state index contributed by atoms with van der Waals surface area (Å²) in [6, 6.07) is 7.86. The number of carbonyl (C=O) groups excluding carboxylic acids is 1. The Morgan fingerprint density at radius 3 is 2.95 bits per heavy atom. The van der Waals surface area contributed by atoms with Crippen LogP contribution < -0.4 is 0 Å². The Balaban J connectivity index is 1.62. The minimum absolute atomic E-state index is 0.211. The molecule has 0 spiro atoms. The molecule has 0 amide bonds. The second-order valence-electron chi connectivity index (χ2n) is 4.91. The van der Waals surface area contributed by atoms with E-state index >= 15 is 0 Å². The Bertz CT molecular complexity index is 570. The van der Waals surface area contributed by atoms with Crippen molar-refractivity contribution in [3.63, 3.8) is 0 Å². The number of morpholine rings is 1. The van der Waals surface area contributed by atoms with Crippen LogP contribution in [0.2, 0.25) is 0 Å². The van der Waals surface area contributed by atoms with Crippen molar-refractivity contribution in [3.05, 3.63) is 36.0 Å². The van der Waals surface area contributed by atoms with E-state index in [-0.39, 0.29) is 5.78 Å². The van der Waals surface area contributed by atoms with Gasteiger partial charge in [0.15, 0.2) is 5.78 Å². The summed E-state index contributed by atoms with van der Waals surface area (Å²) in [6.45, 7) is 4.25. The summed E-state index contributed by atoms with van der Waals surface area (Å²) < 4.78 is 5.30. The van der Waals surface area contributed by atoms with Gasteiger partial charge in [0.2, 0.25) is 0 Å². The standard InChI is InChI=1S/C15H18N2O2/c18-15(4-6-17-7-9-19-10-8-17)13-2-1-12-3-5-16-14(12)11-13/h1-3,5,11,16H,4,6-10H2. The summed E-state index contributed by atoms with van der Waals surface area (Å²) in [5, 5.41) is 1.14.